The van der Waals surface area contributed by atoms with Crippen molar-refractivity contribution in [1.82, 2.24) is 9.55 Å². The summed E-state index contributed by atoms with van der Waals surface area (Å²) in [6.07, 6.45) is 0.325. The van der Waals surface area contributed by atoms with E-state index in [1.165, 1.54) is 0 Å². The van der Waals surface area contributed by atoms with Gasteiger partial charge in [0.25, 0.3) is 0 Å². The molecule has 1 unspecified atom stereocenters. The van der Waals surface area contributed by atoms with Gasteiger partial charge in [0, 0.05) is 23.7 Å². The molecule has 2 aromatic carbocycles. The number of aryl methyl sites for hydroxylation is 1. The van der Waals surface area contributed by atoms with E-state index in [4.69, 9.17) is 11.6 Å². The molecule has 1 amide bonds. The number of para-hydroxylation sites is 2. The molecule has 0 spiro atoms. The number of ketones is 1. The highest BCUT2D eigenvalue weighted by atomic mass is 35.5. The molecule has 4 rings (SSSR count). The maximum Gasteiger partial charge on any atom is 0.242 e. The normalized spacial score (nSPS) is 16.9. The molecule has 3 aromatic rings. The van der Waals surface area contributed by atoms with Crippen LogP contribution in [0.1, 0.15) is 18.2 Å². The number of fused-ring (bicyclic) bond motifs is 3. The average Bonchev–Trinajstić information content (AvgIpc) is 2.95. The summed E-state index contributed by atoms with van der Waals surface area (Å²) < 4.78 is 1.96. The van der Waals surface area contributed by atoms with Crippen molar-refractivity contribution in [1.29, 1.82) is 0 Å². The number of imidazole rings is 1. The number of benzene rings is 2. The molecule has 0 fully saturated rings. The Morgan fingerprint density at radius 3 is 2.71 bits per heavy atom. The topological polar surface area (TPSA) is 64.0 Å². The molecule has 2 heterocycles. The summed E-state index contributed by atoms with van der Waals surface area (Å²) in [5.41, 5.74) is 2.35. The van der Waals surface area contributed by atoms with Gasteiger partial charge in [-0.2, -0.15) is 0 Å². The molecule has 6 heteroatoms. The van der Waals surface area contributed by atoms with E-state index < -0.39 is 5.92 Å². The molecular weight excluding hydrogens is 326 g/mol. The first-order chi connectivity index (χ1) is 11.6. The Morgan fingerprint density at radius 2 is 1.92 bits per heavy atom. The SMILES string of the molecule is O=C1CCn2c(nc3ccccc32)C1C(=O)Nc1ccc(Cl)cc1. The fourth-order valence-electron chi connectivity index (χ4n) is 3.07. The van der Waals surface area contributed by atoms with E-state index in [0.717, 1.165) is 11.0 Å². The van der Waals surface area contributed by atoms with Crippen LogP contribution in [0.3, 0.4) is 0 Å². The van der Waals surface area contributed by atoms with Gasteiger partial charge in [-0.25, -0.2) is 4.98 Å². The predicted octanol–water partition coefficient (Wildman–Crippen LogP) is 3.38. The van der Waals surface area contributed by atoms with Gasteiger partial charge < -0.3 is 9.88 Å². The summed E-state index contributed by atoms with van der Waals surface area (Å²) in [7, 11) is 0. The number of anilines is 1. The maximum absolute atomic E-state index is 12.7. The number of nitrogens with zero attached hydrogens (tertiary/aromatic N) is 2. The third-order valence-electron chi connectivity index (χ3n) is 4.22. The highest BCUT2D eigenvalue weighted by Gasteiger charge is 2.36. The van der Waals surface area contributed by atoms with Gasteiger partial charge in [-0.3, -0.25) is 9.59 Å². The van der Waals surface area contributed by atoms with E-state index in [1.54, 1.807) is 24.3 Å². The summed E-state index contributed by atoms with van der Waals surface area (Å²) >= 11 is 5.85. The van der Waals surface area contributed by atoms with E-state index >= 15 is 0 Å². The first-order valence-electron chi connectivity index (χ1n) is 7.68. The van der Waals surface area contributed by atoms with Crippen LogP contribution in [0, 0.1) is 0 Å². The van der Waals surface area contributed by atoms with Crippen molar-refractivity contribution in [3.63, 3.8) is 0 Å². The predicted molar refractivity (Wildman–Crippen MR) is 92.2 cm³/mol. The zero-order valence-electron chi connectivity index (χ0n) is 12.7. The second-order valence-corrected chi connectivity index (χ2v) is 6.19. The van der Waals surface area contributed by atoms with Crippen LogP contribution in [0.15, 0.2) is 48.5 Å². The van der Waals surface area contributed by atoms with E-state index in [-0.39, 0.29) is 11.7 Å². The number of hydrogen-bond donors (Lipinski definition) is 1. The minimum absolute atomic E-state index is 0.107. The lowest BCUT2D eigenvalue weighted by molar-refractivity contribution is -0.128. The van der Waals surface area contributed by atoms with Gasteiger partial charge >= 0.3 is 0 Å². The van der Waals surface area contributed by atoms with Crippen LogP contribution < -0.4 is 5.32 Å². The first-order valence-corrected chi connectivity index (χ1v) is 8.05. The quantitative estimate of drug-likeness (QED) is 0.728. The minimum atomic E-state index is -0.887. The molecule has 0 saturated carbocycles. The number of hydrogen-bond acceptors (Lipinski definition) is 3. The van der Waals surface area contributed by atoms with E-state index in [9.17, 15) is 9.59 Å². The Labute approximate surface area is 143 Å². The van der Waals surface area contributed by atoms with Crippen LogP contribution in [0.5, 0.6) is 0 Å². The van der Waals surface area contributed by atoms with Crippen LogP contribution in [0.4, 0.5) is 5.69 Å². The summed E-state index contributed by atoms with van der Waals surface area (Å²) in [5, 5.41) is 3.37. The Hall–Kier alpha value is -2.66. The molecule has 120 valence electrons. The van der Waals surface area contributed by atoms with Crippen molar-refractivity contribution in [2.75, 3.05) is 5.32 Å². The molecule has 0 bridgehead atoms. The number of halogens is 1. The average molecular weight is 340 g/mol. The number of amides is 1. The summed E-state index contributed by atoms with van der Waals surface area (Å²) in [4.78, 5) is 29.6. The largest absolute Gasteiger partial charge is 0.326 e. The van der Waals surface area contributed by atoms with E-state index in [2.05, 4.69) is 10.3 Å². The third kappa shape index (κ3) is 2.47. The molecule has 1 atom stereocenters. The number of carbonyl (C=O) groups is 2. The van der Waals surface area contributed by atoms with E-state index in [0.29, 0.717) is 29.5 Å². The standard InChI is InChI=1S/C18H14ClN3O2/c19-11-5-7-12(8-6-11)20-18(24)16-15(23)9-10-22-14-4-2-1-3-13(14)21-17(16)22/h1-8,16H,9-10H2,(H,20,24). The molecular formula is C18H14ClN3O2. The van der Waals surface area contributed by atoms with Crippen molar-refractivity contribution in [2.45, 2.75) is 18.9 Å². The number of aromatic nitrogens is 2. The molecule has 0 radical (unpaired) electrons. The van der Waals surface area contributed by atoms with Crippen molar-refractivity contribution in [3.8, 4) is 0 Å². The Morgan fingerprint density at radius 1 is 1.17 bits per heavy atom. The zero-order chi connectivity index (χ0) is 16.7. The molecule has 24 heavy (non-hydrogen) atoms. The molecule has 1 aliphatic rings. The highest BCUT2D eigenvalue weighted by Crippen LogP contribution is 2.29. The number of nitrogens with one attached hydrogen (secondary N) is 1. The van der Waals surface area contributed by atoms with Gasteiger partial charge in [-0.05, 0) is 36.4 Å². The van der Waals surface area contributed by atoms with Crippen LogP contribution >= 0.6 is 11.6 Å². The van der Waals surface area contributed by atoms with Crippen LogP contribution in [0.2, 0.25) is 5.02 Å². The fraction of sp³-hybridized carbons (Fsp3) is 0.167. The van der Waals surface area contributed by atoms with Gasteiger partial charge in [0.2, 0.25) is 5.91 Å². The second-order valence-electron chi connectivity index (χ2n) is 5.76. The monoisotopic (exact) mass is 339 g/mol. The zero-order valence-corrected chi connectivity index (χ0v) is 13.5. The van der Waals surface area contributed by atoms with Crippen LogP contribution in [0.25, 0.3) is 11.0 Å². The molecule has 1 N–H and O–H groups in total. The van der Waals surface area contributed by atoms with Gasteiger partial charge in [0.1, 0.15) is 5.82 Å². The van der Waals surface area contributed by atoms with Gasteiger partial charge in [0.05, 0.1) is 11.0 Å². The van der Waals surface area contributed by atoms with Crippen molar-refractivity contribution in [2.24, 2.45) is 0 Å². The van der Waals surface area contributed by atoms with E-state index in [1.807, 2.05) is 28.8 Å². The van der Waals surface area contributed by atoms with Crippen molar-refractivity contribution >= 4 is 40.0 Å². The molecule has 0 aliphatic carbocycles. The Bertz CT molecular complexity index is 947. The van der Waals surface area contributed by atoms with Crippen LogP contribution in [-0.4, -0.2) is 21.2 Å². The fourth-order valence-corrected chi connectivity index (χ4v) is 3.20. The summed E-state index contributed by atoms with van der Waals surface area (Å²) in [6, 6.07) is 14.5. The Balaban J connectivity index is 1.71. The van der Waals surface area contributed by atoms with Gasteiger partial charge in [0.15, 0.2) is 11.7 Å². The van der Waals surface area contributed by atoms with Gasteiger partial charge in [-0.1, -0.05) is 23.7 Å². The lowest BCUT2D eigenvalue weighted by Crippen LogP contribution is -2.34. The van der Waals surface area contributed by atoms with Crippen molar-refractivity contribution < 1.29 is 9.59 Å². The molecule has 1 aliphatic heterocycles. The third-order valence-corrected chi connectivity index (χ3v) is 4.47. The first kappa shape index (κ1) is 14.9. The minimum Gasteiger partial charge on any atom is -0.326 e. The summed E-state index contributed by atoms with van der Waals surface area (Å²) in [6.45, 7) is 0.555. The maximum atomic E-state index is 12.7. The second kappa shape index (κ2) is 5.76. The van der Waals surface area contributed by atoms with Crippen molar-refractivity contribution in [3.05, 3.63) is 59.4 Å². The Kier molecular flexibility index (Phi) is 3.58. The smallest absolute Gasteiger partial charge is 0.242 e. The lowest BCUT2D eigenvalue weighted by Gasteiger charge is -2.22. The van der Waals surface area contributed by atoms with Gasteiger partial charge in [-0.15, -0.1) is 0 Å². The summed E-state index contributed by atoms with van der Waals surface area (Å²) in [5.74, 6) is -0.844. The number of rotatable bonds is 2. The highest BCUT2D eigenvalue weighted by molar-refractivity contribution is 6.30. The lowest BCUT2D eigenvalue weighted by atomic mass is 9.96. The molecule has 5 nitrogen and oxygen atoms in total. The number of carbonyl (C=O) groups excluding carboxylic acids is 2. The van der Waals surface area contributed by atoms with Crippen LogP contribution in [-0.2, 0) is 16.1 Å². The number of Topliss-reactive ketones (excluding diaryl/α,β-unsaturated/α-hetero) is 1. The molecule has 0 saturated heterocycles. The molecule has 1 aromatic heterocycles.